The van der Waals surface area contributed by atoms with E-state index in [0.717, 1.165) is 0 Å². The summed E-state index contributed by atoms with van der Waals surface area (Å²) in [5.74, 6) is -0.980. The molecule has 1 aromatic rings. The fraction of sp³-hybridized carbons (Fsp3) is 0.545. The van der Waals surface area contributed by atoms with Gasteiger partial charge in [-0.1, -0.05) is 13.8 Å². The van der Waals surface area contributed by atoms with Crippen molar-refractivity contribution in [1.82, 2.24) is 10.3 Å². The van der Waals surface area contributed by atoms with Gasteiger partial charge in [0.2, 0.25) is 0 Å². The maximum absolute atomic E-state index is 10.5. The first-order valence-electron chi connectivity index (χ1n) is 5.26. The summed E-state index contributed by atoms with van der Waals surface area (Å²) in [6, 6.07) is 1.17. The van der Waals surface area contributed by atoms with Gasteiger partial charge in [0.05, 0.1) is 0 Å². The van der Waals surface area contributed by atoms with Gasteiger partial charge in [-0.05, 0) is 11.6 Å². The predicted octanol–water partition coefficient (Wildman–Crippen LogP) is 0.294. The van der Waals surface area contributed by atoms with Crippen molar-refractivity contribution in [3.63, 3.8) is 0 Å². The van der Waals surface area contributed by atoms with Crippen LogP contribution in [0.3, 0.4) is 0 Å². The average molecular weight is 225 g/mol. The molecule has 0 aliphatic rings. The van der Waals surface area contributed by atoms with E-state index in [0.29, 0.717) is 6.54 Å². The number of carboxylic acid groups (broad SMARTS) is 1. The minimum Gasteiger partial charge on any atom is -0.480 e. The first-order chi connectivity index (χ1) is 7.43. The summed E-state index contributed by atoms with van der Waals surface area (Å²) in [7, 11) is 0. The molecular formula is C11H19N3O2. The van der Waals surface area contributed by atoms with E-state index in [9.17, 15) is 4.79 Å². The van der Waals surface area contributed by atoms with Gasteiger partial charge >= 0.3 is 5.97 Å². The Labute approximate surface area is 95.0 Å². The molecular weight excluding hydrogens is 206 g/mol. The maximum atomic E-state index is 10.5. The van der Waals surface area contributed by atoms with Gasteiger partial charge in [0, 0.05) is 30.9 Å². The zero-order chi connectivity index (χ0) is 12.2. The number of H-pyrrole nitrogens is 1. The summed E-state index contributed by atoms with van der Waals surface area (Å²) in [6.45, 7) is 5.15. The lowest BCUT2D eigenvalue weighted by atomic mass is 9.86. The van der Waals surface area contributed by atoms with E-state index in [4.69, 9.17) is 10.8 Å². The Morgan fingerprint density at radius 1 is 1.69 bits per heavy atom. The standard InChI is InChI=1S/C11H19N3O2/c1-11(2,8-3-4-13-5-8)7-14-6-9(12)10(15)16/h3-5,9,13-14H,6-7,12H2,1-2H3,(H,15,16). The molecule has 1 heterocycles. The van der Waals surface area contributed by atoms with Gasteiger partial charge in [-0.2, -0.15) is 0 Å². The predicted molar refractivity (Wildman–Crippen MR) is 62.3 cm³/mol. The number of hydrogen-bond acceptors (Lipinski definition) is 3. The van der Waals surface area contributed by atoms with Crippen LogP contribution in [0.15, 0.2) is 18.5 Å². The van der Waals surface area contributed by atoms with Gasteiger partial charge in [-0.3, -0.25) is 4.79 Å². The SMILES string of the molecule is CC(C)(CNCC(N)C(=O)O)c1cc[nH]c1. The molecule has 16 heavy (non-hydrogen) atoms. The van der Waals surface area contributed by atoms with Gasteiger partial charge in [-0.15, -0.1) is 0 Å². The topological polar surface area (TPSA) is 91.1 Å². The number of hydrogen-bond donors (Lipinski definition) is 4. The third-order valence-electron chi connectivity index (χ3n) is 2.63. The molecule has 0 aliphatic heterocycles. The third kappa shape index (κ3) is 3.36. The van der Waals surface area contributed by atoms with Crippen LogP contribution >= 0.6 is 0 Å². The molecule has 1 unspecified atom stereocenters. The van der Waals surface area contributed by atoms with Crippen LogP contribution in [0.2, 0.25) is 0 Å². The summed E-state index contributed by atoms with van der Waals surface area (Å²) in [5.41, 5.74) is 6.54. The first-order valence-corrected chi connectivity index (χ1v) is 5.26. The van der Waals surface area contributed by atoms with Crippen LogP contribution in [-0.2, 0) is 10.2 Å². The zero-order valence-electron chi connectivity index (χ0n) is 9.66. The summed E-state index contributed by atoms with van der Waals surface area (Å²) in [6.07, 6.45) is 3.82. The Bertz CT molecular complexity index is 333. The number of nitrogens with two attached hydrogens (primary N) is 1. The maximum Gasteiger partial charge on any atom is 0.321 e. The molecule has 1 atom stereocenters. The largest absolute Gasteiger partial charge is 0.480 e. The van der Waals surface area contributed by atoms with E-state index < -0.39 is 12.0 Å². The van der Waals surface area contributed by atoms with Crippen molar-refractivity contribution < 1.29 is 9.90 Å². The molecule has 0 aromatic carbocycles. The van der Waals surface area contributed by atoms with Crippen molar-refractivity contribution in [2.75, 3.05) is 13.1 Å². The second-order valence-corrected chi connectivity index (χ2v) is 4.56. The highest BCUT2D eigenvalue weighted by Gasteiger charge is 2.21. The Kier molecular flexibility index (Phi) is 4.09. The molecule has 1 rings (SSSR count). The van der Waals surface area contributed by atoms with Gasteiger partial charge in [0.1, 0.15) is 6.04 Å². The molecule has 90 valence electrons. The molecule has 0 spiro atoms. The molecule has 0 saturated heterocycles. The van der Waals surface area contributed by atoms with E-state index in [1.807, 2.05) is 18.5 Å². The van der Waals surface area contributed by atoms with Crippen LogP contribution < -0.4 is 11.1 Å². The van der Waals surface area contributed by atoms with E-state index in [1.165, 1.54) is 5.56 Å². The second kappa shape index (κ2) is 5.14. The van der Waals surface area contributed by atoms with Crippen molar-refractivity contribution in [2.24, 2.45) is 5.73 Å². The number of carboxylic acids is 1. The lowest BCUT2D eigenvalue weighted by Crippen LogP contribution is -2.43. The van der Waals surface area contributed by atoms with Crippen LogP contribution in [0.5, 0.6) is 0 Å². The fourth-order valence-electron chi connectivity index (χ4n) is 1.47. The van der Waals surface area contributed by atoms with Crippen molar-refractivity contribution in [1.29, 1.82) is 0 Å². The molecule has 0 amide bonds. The molecule has 0 bridgehead atoms. The number of rotatable bonds is 6. The highest BCUT2D eigenvalue weighted by molar-refractivity contribution is 5.73. The van der Waals surface area contributed by atoms with Crippen LogP contribution in [0.4, 0.5) is 0 Å². The highest BCUT2D eigenvalue weighted by atomic mass is 16.4. The lowest BCUT2D eigenvalue weighted by molar-refractivity contribution is -0.138. The molecule has 0 fully saturated rings. The summed E-state index contributed by atoms with van der Waals surface area (Å²) in [5, 5.41) is 11.7. The molecule has 5 heteroatoms. The second-order valence-electron chi connectivity index (χ2n) is 4.56. The normalized spacial score (nSPS) is 13.7. The van der Waals surface area contributed by atoms with E-state index in [1.54, 1.807) is 0 Å². The van der Waals surface area contributed by atoms with Crippen molar-refractivity contribution in [3.8, 4) is 0 Å². The summed E-state index contributed by atoms with van der Waals surface area (Å²) in [4.78, 5) is 13.5. The van der Waals surface area contributed by atoms with Crippen LogP contribution in [0, 0.1) is 0 Å². The Balaban J connectivity index is 2.40. The Hall–Kier alpha value is -1.33. The van der Waals surface area contributed by atoms with Gasteiger partial charge < -0.3 is 21.1 Å². The molecule has 5 N–H and O–H groups in total. The molecule has 0 radical (unpaired) electrons. The number of nitrogens with one attached hydrogen (secondary N) is 2. The van der Waals surface area contributed by atoms with Crippen LogP contribution in [0.25, 0.3) is 0 Å². The van der Waals surface area contributed by atoms with E-state index >= 15 is 0 Å². The van der Waals surface area contributed by atoms with Crippen molar-refractivity contribution in [2.45, 2.75) is 25.3 Å². The highest BCUT2D eigenvalue weighted by Crippen LogP contribution is 2.21. The molecule has 0 aliphatic carbocycles. The van der Waals surface area contributed by atoms with Gasteiger partial charge in [0.15, 0.2) is 0 Å². The molecule has 1 aromatic heterocycles. The van der Waals surface area contributed by atoms with E-state index in [2.05, 4.69) is 24.1 Å². The Morgan fingerprint density at radius 2 is 2.38 bits per heavy atom. The first kappa shape index (κ1) is 12.7. The van der Waals surface area contributed by atoms with Crippen molar-refractivity contribution >= 4 is 5.97 Å². The number of aliphatic carboxylic acids is 1. The summed E-state index contributed by atoms with van der Waals surface area (Å²) < 4.78 is 0. The van der Waals surface area contributed by atoms with Crippen molar-refractivity contribution in [3.05, 3.63) is 24.0 Å². The minimum atomic E-state index is -0.980. The Morgan fingerprint density at radius 3 is 2.88 bits per heavy atom. The average Bonchev–Trinajstić information content (AvgIpc) is 2.70. The number of aromatic nitrogens is 1. The van der Waals surface area contributed by atoms with E-state index in [-0.39, 0.29) is 12.0 Å². The van der Waals surface area contributed by atoms with Gasteiger partial charge in [0.25, 0.3) is 0 Å². The summed E-state index contributed by atoms with van der Waals surface area (Å²) >= 11 is 0. The fourth-order valence-corrected chi connectivity index (χ4v) is 1.47. The van der Waals surface area contributed by atoms with Gasteiger partial charge in [-0.25, -0.2) is 0 Å². The molecule has 5 nitrogen and oxygen atoms in total. The quantitative estimate of drug-likeness (QED) is 0.560. The molecule has 0 saturated carbocycles. The monoisotopic (exact) mass is 225 g/mol. The lowest BCUT2D eigenvalue weighted by Gasteiger charge is -2.24. The number of carbonyl (C=O) groups is 1. The number of aromatic amines is 1. The zero-order valence-corrected chi connectivity index (χ0v) is 9.66. The third-order valence-corrected chi connectivity index (χ3v) is 2.63. The minimum absolute atomic E-state index is 0.0434. The van der Waals surface area contributed by atoms with Crippen LogP contribution in [-0.4, -0.2) is 35.2 Å². The van der Waals surface area contributed by atoms with Crippen LogP contribution in [0.1, 0.15) is 19.4 Å². The smallest absolute Gasteiger partial charge is 0.321 e.